The van der Waals surface area contributed by atoms with Gasteiger partial charge < -0.3 is 14.2 Å². The maximum atomic E-state index is 14.0. The number of hydrogen-bond acceptors (Lipinski definition) is 7. The molecule has 10 rings (SSSR count). The van der Waals surface area contributed by atoms with Gasteiger partial charge >= 0.3 is 11.9 Å². The van der Waals surface area contributed by atoms with Gasteiger partial charge in [-0.15, -0.1) is 0 Å². The summed E-state index contributed by atoms with van der Waals surface area (Å²) in [6, 6.07) is 28.6. The van der Waals surface area contributed by atoms with Crippen LogP contribution in [0.25, 0.3) is 10.8 Å². The molecule has 0 radical (unpaired) electrons. The molecule has 0 saturated carbocycles. The van der Waals surface area contributed by atoms with E-state index in [0.29, 0.717) is 12.2 Å². The van der Waals surface area contributed by atoms with E-state index in [0.717, 1.165) is 21.9 Å². The van der Waals surface area contributed by atoms with Crippen LogP contribution in [0.2, 0.25) is 0 Å². The minimum atomic E-state index is -3.91. The van der Waals surface area contributed by atoms with E-state index in [1.165, 1.54) is 11.1 Å². The van der Waals surface area contributed by atoms with Crippen LogP contribution in [0, 0.1) is 11.8 Å². The summed E-state index contributed by atoms with van der Waals surface area (Å²) >= 11 is 0. The first-order chi connectivity index (χ1) is 20.9. The van der Waals surface area contributed by atoms with Crippen molar-refractivity contribution in [2.75, 3.05) is 0 Å². The van der Waals surface area contributed by atoms with E-state index in [9.17, 15) is 18.0 Å². The number of carbonyl (C=O) groups is 2. The predicted molar refractivity (Wildman–Crippen MR) is 156 cm³/mol. The lowest BCUT2D eigenvalue weighted by molar-refractivity contribution is -0.162. The fourth-order valence-electron chi connectivity index (χ4n) is 8.43. The molecule has 8 nitrogen and oxygen atoms in total. The Morgan fingerprint density at radius 1 is 0.767 bits per heavy atom. The SMILES string of the molecule is O=C(OC1C2NS(=O)(=O)C3C2OC1C3C(=O)Oc1cccc2ccccc12)C1CC2c3ccccc3C1c1ccccc12. The van der Waals surface area contributed by atoms with Gasteiger partial charge in [0.2, 0.25) is 10.0 Å². The lowest BCUT2D eigenvalue weighted by atomic mass is 9.59. The number of sulfonamides is 1. The van der Waals surface area contributed by atoms with E-state index in [2.05, 4.69) is 29.0 Å². The molecular weight excluding hydrogens is 566 g/mol. The molecule has 4 bridgehead atoms. The Hall–Kier alpha value is -4.05. The number of benzene rings is 4. The Balaban J connectivity index is 1.03. The molecule has 3 saturated heterocycles. The molecule has 43 heavy (non-hydrogen) atoms. The molecule has 0 spiro atoms. The second-order valence-electron chi connectivity index (χ2n) is 12.2. The van der Waals surface area contributed by atoms with Gasteiger partial charge in [0.1, 0.15) is 29.1 Å². The lowest BCUT2D eigenvalue weighted by Crippen LogP contribution is -2.52. The van der Waals surface area contributed by atoms with E-state index >= 15 is 0 Å². The average molecular weight is 594 g/mol. The first-order valence-electron chi connectivity index (χ1n) is 14.6. The van der Waals surface area contributed by atoms with Crippen LogP contribution in [0.1, 0.15) is 40.5 Å². The third-order valence-corrected chi connectivity index (χ3v) is 12.0. The van der Waals surface area contributed by atoms with Crippen molar-refractivity contribution in [3.8, 4) is 5.75 Å². The normalized spacial score (nSPS) is 33.6. The minimum Gasteiger partial charge on any atom is -0.458 e. The molecule has 3 aliphatic heterocycles. The highest BCUT2D eigenvalue weighted by Gasteiger charge is 2.72. The van der Waals surface area contributed by atoms with Crippen LogP contribution in [0.5, 0.6) is 5.75 Å². The van der Waals surface area contributed by atoms with Gasteiger partial charge in [-0.2, -0.15) is 0 Å². The molecule has 9 heteroatoms. The highest BCUT2D eigenvalue weighted by atomic mass is 32.2. The maximum absolute atomic E-state index is 14.0. The largest absolute Gasteiger partial charge is 0.458 e. The zero-order chi connectivity index (χ0) is 29.0. The summed E-state index contributed by atoms with van der Waals surface area (Å²) in [5.74, 6) is -2.43. The van der Waals surface area contributed by atoms with Gasteiger partial charge in [0.05, 0.1) is 18.1 Å². The third kappa shape index (κ3) is 3.53. The molecule has 216 valence electrons. The van der Waals surface area contributed by atoms with E-state index < -0.39 is 63.4 Å². The minimum absolute atomic E-state index is 0.0732. The molecule has 3 fully saturated rings. The van der Waals surface area contributed by atoms with Crippen molar-refractivity contribution in [2.24, 2.45) is 11.8 Å². The molecule has 3 heterocycles. The van der Waals surface area contributed by atoms with Crippen LogP contribution in [-0.4, -0.2) is 50.0 Å². The molecule has 7 unspecified atom stereocenters. The molecule has 0 aromatic heterocycles. The monoisotopic (exact) mass is 593 g/mol. The number of nitrogens with one attached hydrogen (secondary N) is 1. The van der Waals surface area contributed by atoms with Gasteiger partial charge in [-0.1, -0.05) is 84.9 Å². The highest BCUT2D eigenvalue weighted by Crippen LogP contribution is 2.56. The average Bonchev–Trinajstić information content (AvgIpc) is 3.64. The summed E-state index contributed by atoms with van der Waals surface area (Å²) in [6.45, 7) is 0. The maximum Gasteiger partial charge on any atom is 0.318 e. The van der Waals surface area contributed by atoms with Gasteiger partial charge in [0.15, 0.2) is 0 Å². The Morgan fingerprint density at radius 2 is 1.42 bits per heavy atom. The number of rotatable bonds is 4. The number of carbonyl (C=O) groups excluding carboxylic acids is 2. The van der Waals surface area contributed by atoms with Crippen LogP contribution in [-0.2, 0) is 29.1 Å². The van der Waals surface area contributed by atoms with E-state index in [4.69, 9.17) is 14.2 Å². The van der Waals surface area contributed by atoms with E-state index in [-0.39, 0.29) is 11.8 Å². The van der Waals surface area contributed by atoms with Gasteiger partial charge in [-0.3, -0.25) is 9.59 Å². The van der Waals surface area contributed by atoms with Crippen molar-refractivity contribution in [3.05, 3.63) is 113 Å². The van der Waals surface area contributed by atoms with Crippen molar-refractivity contribution < 1.29 is 32.2 Å². The fraction of sp³-hybridized carbons (Fsp3) is 0.294. The van der Waals surface area contributed by atoms with Crippen LogP contribution < -0.4 is 9.46 Å². The smallest absolute Gasteiger partial charge is 0.318 e. The molecule has 0 amide bonds. The Bertz CT molecular complexity index is 1900. The van der Waals surface area contributed by atoms with Crippen molar-refractivity contribution in [3.63, 3.8) is 0 Å². The summed E-state index contributed by atoms with van der Waals surface area (Å²) in [7, 11) is -3.91. The molecule has 1 N–H and O–H groups in total. The first-order valence-corrected chi connectivity index (χ1v) is 16.2. The van der Waals surface area contributed by atoms with Crippen molar-refractivity contribution in [2.45, 2.75) is 47.9 Å². The Labute approximate surface area is 248 Å². The van der Waals surface area contributed by atoms with Crippen molar-refractivity contribution >= 4 is 32.7 Å². The van der Waals surface area contributed by atoms with Crippen molar-refractivity contribution in [1.29, 1.82) is 0 Å². The zero-order valence-electron chi connectivity index (χ0n) is 22.8. The fourth-order valence-corrected chi connectivity index (χ4v) is 10.5. The number of fused-ring (bicyclic) bond motifs is 3. The predicted octanol–water partition coefficient (Wildman–Crippen LogP) is 4.02. The number of esters is 2. The second kappa shape index (κ2) is 8.98. The zero-order valence-corrected chi connectivity index (χ0v) is 23.6. The van der Waals surface area contributed by atoms with Crippen LogP contribution in [0.4, 0.5) is 0 Å². The molecular formula is C34H27NO7S. The van der Waals surface area contributed by atoms with Crippen LogP contribution in [0.15, 0.2) is 91.0 Å². The standard InChI is InChI=1S/C34H27NO7S/c36-33(24-16-23-19-11-3-5-13-21(19)26(24)22-14-6-4-12-20(22)23)42-30-28-31-32(43(38,39)35-28)27(29(30)41-31)34(37)40-25-15-7-9-17-8-1-2-10-18(17)25/h1-15,23-24,26-32,35H,16H2. The Kier molecular flexibility index (Phi) is 5.32. The summed E-state index contributed by atoms with van der Waals surface area (Å²) in [5.41, 5.74) is 4.73. The number of ether oxygens (including phenoxy) is 3. The van der Waals surface area contributed by atoms with E-state index in [1.54, 1.807) is 12.1 Å². The lowest BCUT2D eigenvalue weighted by Gasteiger charge is -2.44. The van der Waals surface area contributed by atoms with Crippen molar-refractivity contribution in [1.82, 2.24) is 4.72 Å². The first kappa shape index (κ1) is 25.4. The second-order valence-corrected chi connectivity index (χ2v) is 14.0. The summed E-state index contributed by atoms with van der Waals surface area (Å²) in [6.07, 6.45) is -2.08. The van der Waals surface area contributed by atoms with Crippen LogP contribution in [0.3, 0.4) is 0 Å². The van der Waals surface area contributed by atoms with Gasteiger partial charge in [-0.05, 0) is 40.1 Å². The summed E-state index contributed by atoms with van der Waals surface area (Å²) in [5, 5.41) is 0.525. The van der Waals surface area contributed by atoms with E-state index in [1.807, 2.05) is 54.6 Å². The van der Waals surface area contributed by atoms with Gasteiger partial charge in [0.25, 0.3) is 0 Å². The van der Waals surface area contributed by atoms with Gasteiger partial charge in [0, 0.05) is 17.2 Å². The third-order valence-electron chi connectivity index (χ3n) is 10.1. The number of hydrogen-bond donors (Lipinski definition) is 1. The molecule has 7 atom stereocenters. The van der Waals surface area contributed by atoms with Gasteiger partial charge in [-0.25, -0.2) is 13.1 Å². The topological polar surface area (TPSA) is 108 Å². The molecule has 4 aromatic rings. The Morgan fingerprint density at radius 3 is 2.16 bits per heavy atom. The van der Waals surface area contributed by atoms with Crippen LogP contribution >= 0.6 is 0 Å². The molecule has 6 aliphatic rings. The molecule has 4 aromatic carbocycles. The molecule has 3 aliphatic carbocycles. The summed E-state index contributed by atoms with van der Waals surface area (Å²) < 4.78 is 47.3. The summed E-state index contributed by atoms with van der Waals surface area (Å²) in [4.78, 5) is 27.7. The quantitative estimate of drug-likeness (QED) is 0.281. The highest BCUT2D eigenvalue weighted by molar-refractivity contribution is 7.90.